The van der Waals surface area contributed by atoms with Crippen LogP contribution in [0, 0.1) is 0 Å². The van der Waals surface area contributed by atoms with E-state index in [-0.39, 0.29) is 11.6 Å². The van der Waals surface area contributed by atoms with Gasteiger partial charge in [-0.05, 0) is 19.2 Å². The molecule has 0 bridgehead atoms. The summed E-state index contributed by atoms with van der Waals surface area (Å²) in [5.41, 5.74) is 1.77. The second-order valence-corrected chi connectivity index (χ2v) is 7.66. The summed E-state index contributed by atoms with van der Waals surface area (Å²) in [5.74, 6) is 1.21. The largest absolute Gasteiger partial charge is 0.488 e. The first-order chi connectivity index (χ1) is 14.5. The normalized spacial score (nSPS) is 17.1. The summed E-state index contributed by atoms with van der Waals surface area (Å²) in [6, 6.07) is 5.48. The van der Waals surface area contributed by atoms with Gasteiger partial charge in [-0.1, -0.05) is 0 Å². The number of anilines is 2. The number of ether oxygens (including phenoxy) is 1. The highest BCUT2D eigenvalue weighted by Gasteiger charge is 2.26. The minimum Gasteiger partial charge on any atom is -0.488 e. The number of rotatable bonds is 2. The molecule has 3 aromatic heterocycles. The molecule has 5 rings (SSSR count). The fourth-order valence-electron chi connectivity index (χ4n) is 3.90. The zero-order valence-corrected chi connectivity index (χ0v) is 17.0. The number of aromatic nitrogens is 4. The van der Waals surface area contributed by atoms with E-state index in [1.54, 1.807) is 25.5 Å². The Morgan fingerprint density at radius 3 is 2.70 bits per heavy atom. The van der Waals surface area contributed by atoms with E-state index in [4.69, 9.17) is 4.74 Å². The van der Waals surface area contributed by atoms with Crippen molar-refractivity contribution < 1.29 is 9.53 Å². The molecule has 5 heterocycles. The molecule has 2 aliphatic heterocycles. The Morgan fingerprint density at radius 1 is 1.10 bits per heavy atom. The molecule has 1 amide bonds. The van der Waals surface area contributed by atoms with E-state index < -0.39 is 0 Å². The van der Waals surface area contributed by atoms with Gasteiger partial charge in [-0.3, -0.25) is 9.20 Å². The summed E-state index contributed by atoms with van der Waals surface area (Å²) < 4.78 is 8.63. The molecule has 0 unspecified atom stereocenters. The van der Waals surface area contributed by atoms with E-state index in [1.165, 1.54) is 9.08 Å². The summed E-state index contributed by atoms with van der Waals surface area (Å²) in [6.45, 7) is 4.24. The lowest BCUT2D eigenvalue weighted by atomic mass is 10.2. The van der Waals surface area contributed by atoms with Crippen LogP contribution in [0.4, 0.5) is 11.5 Å². The Kier molecular flexibility index (Phi) is 4.43. The molecular weight excluding hydrogens is 386 g/mol. The maximum Gasteiger partial charge on any atom is 0.350 e. The molecule has 3 aromatic rings. The van der Waals surface area contributed by atoms with E-state index in [1.807, 2.05) is 21.9 Å². The number of amides is 1. The van der Waals surface area contributed by atoms with Crippen LogP contribution in [0.3, 0.4) is 0 Å². The molecule has 0 radical (unpaired) electrons. The maximum absolute atomic E-state index is 12.9. The molecule has 0 aliphatic carbocycles. The molecule has 1 fully saturated rings. The fraction of sp³-hybridized carbons (Fsp3) is 0.400. The molecule has 0 N–H and O–H groups in total. The third-order valence-corrected chi connectivity index (χ3v) is 5.66. The quantitative estimate of drug-likeness (QED) is 0.603. The van der Waals surface area contributed by atoms with E-state index in [2.05, 4.69) is 22.0 Å². The molecule has 0 atom stereocenters. The Bertz CT molecular complexity index is 1180. The molecule has 2 aliphatic rings. The van der Waals surface area contributed by atoms with Gasteiger partial charge in [-0.15, -0.1) is 0 Å². The van der Waals surface area contributed by atoms with Crippen LogP contribution >= 0.6 is 0 Å². The smallest absolute Gasteiger partial charge is 0.350 e. The number of carbonyl (C=O) groups excluding carboxylic acids is 1. The van der Waals surface area contributed by atoms with Gasteiger partial charge < -0.3 is 19.4 Å². The van der Waals surface area contributed by atoms with Crippen molar-refractivity contribution in [2.75, 3.05) is 51.3 Å². The number of likely N-dealkylation sites (N-methyl/N-ethyl adjacent to an activating group) is 1. The number of fused-ring (bicyclic) bond motifs is 2. The minimum absolute atomic E-state index is 0.0200. The lowest BCUT2D eigenvalue weighted by molar-refractivity contribution is 0.0663. The first kappa shape index (κ1) is 18.6. The zero-order valence-electron chi connectivity index (χ0n) is 17.0. The second-order valence-electron chi connectivity index (χ2n) is 7.66. The van der Waals surface area contributed by atoms with Crippen LogP contribution in [0.1, 0.15) is 10.4 Å². The molecular formula is C20H23N7O3. The maximum atomic E-state index is 12.9. The van der Waals surface area contributed by atoms with Crippen molar-refractivity contribution >= 4 is 23.1 Å². The standard InChI is InChI=1S/C20H23N7O3/c1-23-5-7-25(8-6-23)19(28)14-11-16-18(21-13-14)26(9-10-30-16)15-3-4-27-17(12-15)22-24(2)20(27)29/h3-4,11-13H,5-10H2,1-2H3. The van der Waals surface area contributed by atoms with Crippen LogP contribution in [-0.2, 0) is 7.05 Å². The fourth-order valence-corrected chi connectivity index (χ4v) is 3.90. The number of nitrogens with zero attached hydrogens (tertiary/aromatic N) is 7. The average Bonchev–Trinajstić information content (AvgIpc) is 3.06. The van der Waals surface area contributed by atoms with Gasteiger partial charge in [0.1, 0.15) is 6.61 Å². The third kappa shape index (κ3) is 3.09. The first-order valence-corrected chi connectivity index (χ1v) is 9.95. The number of piperazine rings is 1. The van der Waals surface area contributed by atoms with Crippen molar-refractivity contribution in [2.24, 2.45) is 7.05 Å². The SMILES string of the molecule is CN1CCN(C(=O)c2cnc3c(c2)OCCN3c2ccn3c(=O)n(C)nc3c2)CC1. The van der Waals surface area contributed by atoms with Gasteiger partial charge in [0.15, 0.2) is 17.2 Å². The van der Waals surface area contributed by atoms with E-state index in [0.29, 0.717) is 49.0 Å². The van der Waals surface area contributed by atoms with Crippen LogP contribution in [0.5, 0.6) is 5.75 Å². The Hall–Kier alpha value is -3.40. The van der Waals surface area contributed by atoms with Gasteiger partial charge in [0, 0.05) is 57.4 Å². The van der Waals surface area contributed by atoms with Gasteiger partial charge in [-0.2, -0.15) is 5.10 Å². The third-order valence-electron chi connectivity index (χ3n) is 5.66. The van der Waals surface area contributed by atoms with Gasteiger partial charge in [0.05, 0.1) is 12.1 Å². The second kappa shape index (κ2) is 7.13. The Balaban J connectivity index is 1.45. The van der Waals surface area contributed by atoms with Crippen molar-refractivity contribution in [1.82, 2.24) is 29.0 Å². The van der Waals surface area contributed by atoms with E-state index in [9.17, 15) is 9.59 Å². The van der Waals surface area contributed by atoms with Crippen LogP contribution < -0.4 is 15.3 Å². The average molecular weight is 409 g/mol. The van der Waals surface area contributed by atoms with Crippen LogP contribution in [0.2, 0.25) is 0 Å². The number of carbonyl (C=O) groups is 1. The molecule has 1 saturated heterocycles. The minimum atomic E-state index is -0.191. The monoisotopic (exact) mass is 409 g/mol. The summed E-state index contributed by atoms with van der Waals surface area (Å²) in [5, 5.41) is 4.25. The van der Waals surface area contributed by atoms with E-state index in [0.717, 1.165) is 18.8 Å². The number of aryl methyl sites for hydroxylation is 1. The van der Waals surface area contributed by atoms with Crippen molar-refractivity contribution in [3.8, 4) is 5.75 Å². The molecule has 10 nitrogen and oxygen atoms in total. The highest BCUT2D eigenvalue weighted by atomic mass is 16.5. The van der Waals surface area contributed by atoms with Crippen molar-refractivity contribution in [1.29, 1.82) is 0 Å². The lowest BCUT2D eigenvalue weighted by Crippen LogP contribution is -2.47. The van der Waals surface area contributed by atoms with Crippen molar-refractivity contribution in [3.05, 3.63) is 46.6 Å². The van der Waals surface area contributed by atoms with Crippen LogP contribution in [-0.4, -0.2) is 81.3 Å². The van der Waals surface area contributed by atoms with Gasteiger partial charge in [-0.25, -0.2) is 14.5 Å². The molecule has 156 valence electrons. The molecule has 10 heteroatoms. The molecule has 0 aromatic carbocycles. The summed E-state index contributed by atoms with van der Waals surface area (Å²) in [4.78, 5) is 35.6. The lowest BCUT2D eigenvalue weighted by Gasteiger charge is -2.33. The van der Waals surface area contributed by atoms with Crippen molar-refractivity contribution in [2.45, 2.75) is 0 Å². The molecule has 0 saturated carbocycles. The molecule has 0 spiro atoms. The predicted octanol–water partition coefficient (Wildman–Crippen LogP) is 0.346. The summed E-state index contributed by atoms with van der Waals surface area (Å²) in [7, 11) is 3.68. The topological polar surface area (TPSA) is 88.2 Å². The predicted molar refractivity (Wildman–Crippen MR) is 111 cm³/mol. The highest BCUT2D eigenvalue weighted by molar-refractivity contribution is 5.95. The van der Waals surface area contributed by atoms with Crippen LogP contribution in [0.25, 0.3) is 5.65 Å². The summed E-state index contributed by atoms with van der Waals surface area (Å²) >= 11 is 0. The first-order valence-electron chi connectivity index (χ1n) is 9.95. The van der Waals surface area contributed by atoms with Crippen molar-refractivity contribution in [3.63, 3.8) is 0 Å². The number of pyridine rings is 2. The van der Waals surface area contributed by atoms with Gasteiger partial charge in [0.25, 0.3) is 5.91 Å². The number of hydrogen-bond donors (Lipinski definition) is 0. The number of hydrogen-bond acceptors (Lipinski definition) is 7. The van der Waals surface area contributed by atoms with Gasteiger partial charge >= 0.3 is 5.69 Å². The van der Waals surface area contributed by atoms with Crippen LogP contribution in [0.15, 0.2) is 35.4 Å². The Labute approximate surface area is 172 Å². The highest BCUT2D eigenvalue weighted by Crippen LogP contribution is 2.35. The Morgan fingerprint density at radius 2 is 1.90 bits per heavy atom. The van der Waals surface area contributed by atoms with E-state index >= 15 is 0 Å². The zero-order chi connectivity index (χ0) is 20.8. The summed E-state index contributed by atoms with van der Waals surface area (Å²) in [6.07, 6.45) is 3.32. The molecule has 30 heavy (non-hydrogen) atoms. The van der Waals surface area contributed by atoms with Gasteiger partial charge in [0.2, 0.25) is 0 Å².